The second-order valence-corrected chi connectivity index (χ2v) is 7.27. The quantitative estimate of drug-likeness (QED) is 0.678. The van der Waals surface area contributed by atoms with Crippen molar-refractivity contribution in [3.8, 4) is 11.3 Å². The van der Waals surface area contributed by atoms with Gasteiger partial charge in [0.05, 0.1) is 11.4 Å². The Morgan fingerprint density at radius 1 is 1.12 bits per heavy atom. The normalized spacial score (nSPS) is 10.5. The predicted octanol–water partition coefficient (Wildman–Crippen LogP) is 4.99. The summed E-state index contributed by atoms with van der Waals surface area (Å²) < 4.78 is 0. The van der Waals surface area contributed by atoms with E-state index in [1.165, 1.54) is 22.5 Å². The summed E-state index contributed by atoms with van der Waals surface area (Å²) in [7, 11) is 0. The molecule has 0 aliphatic carbocycles. The van der Waals surface area contributed by atoms with Crippen LogP contribution in [-0.4, -0.2) is 16.6 Å². The fourth-order valence-corrected chi connectivity index (χ4v) is 3.70. The van der Waals surface area contributed by atoms with Crippen LogP contribution < -0.4 is 5.32 Å². The van der Waals surface area contributed by atoms with Gasteiger partial charge in [-0.25, -0.2) is 4.98 Å². The van der Waals surface area contributed by atoms with E-state index in [4.69, 9.17) is 0 Å². The molecule has 3 nitrogen and oxygen atoms in total. The molecule has 3 rings (SSSR count). The van der Waals surface area contributed by atoms with E-state index in [2.05, 4.69) is 41.5 Å². The number of benzene rings is 2. The van der Waals surface area contributed by atoms with Gasteiger partial charge in [-0.3, -0.25) is 4.79 Å². The molecule has 2 aromatic carbocycles. The number of rotatable bonds is 6. The third kappa shape index (κ3) is 4.69. The summed E-state index contributed by atoms with van der Waals surface area (Å²) in [5, 5.41) is 5.50. The summed E-state index contributed by atoms with van der Waals surface area (Å²) in [6.07, 6.45) is 0. The van der Waals surface area contributed by atoms with Gasteiger partial charge in [0.1, 0.15) is 0 Å². The number of aromatic nitrogens is 1. The first-order chi connectivity index (χ1) is 11.7. The molecule has 0 unspecified atom stereocenters. The number of amides is 1. The van der Waals surface area contributed by atoms with Crippen LogP contribution in [0.15, 0.2) is 60.0 Å². The van der Waals surface area contributed by atoms with Crippen LogP contribution in [0.4, 0.5) is 5.13 Å². The Bertz CT molecular complexity index is 798. The van der Waals surface area contributed by atoms with Crippen LogP contribution in [0.2, 0.25) is 0 Å². The van der Waals surface area contributed by atoms with E-state index in [-0.39, 0.29) is 5.91 Å². The van der Waals surface area contributed by atoms with E-state index in [1.54, 1.807) is 11.8 Å². The lowest BCUT2D eigenvalue weighted by Crippen LogP contribution is -2.13. The number of nitrogens with one attached hydrogen (secondary N) is 1. The smallest absolute Gasteiger partial charge is 0.236 e. The number of aryl methyl sites for hydroxylation is 1. The Kier molecular flexibility index (Phi) is 5.67. The zero-order valence-electron chi connectivity index (χ0n) is 13.4. The van der Waals surface area contributed by atoms with E-state index in [0.717, 1.165) is 17.0 Å². The lowest BCUT2D eigenvalue weighted by atomic mass is 10.1. The van der Waals surface area contributed by atoms with Gasteiger partial charge in [-0.15, -0.1) is 23.1 Å². The highest BCUT2D eigenvalue weighted by atomic mass is 32.2. The van der Waals surface area contributed by atoms with Crippen molar-refractivity contribution < 1.29 is 4.79 Å². The van der Waals surface area contributed by atoms with Gasteiger partial charge in [0.15, 0.2) is 5.13 Å². The first kappa shape index (κ1) is 16.7. The molecule has 0 spiro atoms. The molecule has 24 heavy (non-hydrogen) atoms. The van der Waals surface area contributed by atoms with E-state index in [9.17, 15) is 4.79 Å². The third-order valence-electron chi connectivity index (χ3n) is 3.44. The monoisotopic (exact) mass is 354 g/mol. The first-order valence-corrected chi connectivity index (χ1v) is 9.68. The molecule has 0 aliphatic rings. The Hall–Kier alpha value is -2.11. The zero-order chi connectivity index (χ0) is 16.8. The molecular weight excluding hydrogens is 336 g/mol. The maximum atomic E-state index is 12.0. The van der Waals surface area contributed by atoms with Crippen molar-refractivity contribution in [2.45, 2.75) is 12.7 Å². The average Bonchev–Trinajstić information content (AvgIpc) is 3.05. The predicted molar refractivity (Wildman–Crippen MR) is 104 cm³/mol. The molecule has 3 aromatic rings. The van der Waals surface area contributed by atoms with Crippen molar-refractivity contribution in [1.29, 1.82) is 0 Å². The number of anilines is 1. The molecule has 0 radical (unpaired) electrons. The summed E-state index contributed by atoms with van der Waals surface area (Å²) in [5.74, 6) is 1.25. The minimum atomic E-state index is -0.0132. The van der Waals surface area contributed by atoms with Crippen LogP contribution in [0.5, 0.6) is 0 Å². The number of carbonyl (C=O) groups excluding carboxylic acids is 1. The van der Waals surface area contributed by atoms with Gasteiger partial charge in [-0.2, -0.15) is 0 Å². The number of hydrogen-bond donors (Lipinski definition) is 1. The largest absolute Gasteiger partial charge is 0.301 e. The molecule has 1 heterocycles. The van der Waals surface area contributed by atoms with Crippen molar-refractivity contribution in [2.24, 2.45) is 0 Å². The maximum Gasteiger partial charge on any atom is 0.236 e. The molecule has 1 aromatic heterocycles. The van der Waals surface area contributed by atoms with Crippen molar-refractivity contribution in [2.75, 3.05) is 11.1 Å². The minimum absolute atomic E-state index is 0.0132. The van der Waals surface area contributed by atoms with Gasteiger partial charge < -0.3 is 5.32 Å². The Labute approximate surface area is 150 Å². The van der Waals surface area contributed by atoms with E-state index >= 15 is 0 Å². The van der Waals surface area contributed by atoms with Gasteiger partial charge in [-0.05, 0) is 12.5 Å². The van der Waals surface area contributed by atoms with Crippen LogP contribution >= 0.6 is 23.1 Å². The number of hydrogen-bond acceptors (Lipinski definition) is 4. The highest BCUT2D eigenvalue weighted by molar-refractivity contribution is 7.99. The van der Waals surface area contributed by atoms with Crippen LogP contribution in [0, 0.1) is 6.92 Å². The minimum Gasteiger partial charge on any atom is -0.301 e. The topological polar surface area (TPSA) is 42.0 Å². The van der Waals surface area contributed by atoms with Crippen molar-refractivity contribution in [3.63, 3.8) is 0 Å². The standard InChI is InChI=1S/C19H18N2OS2/c1-14-7-9-16(10-8-14)17-12-24-19(20-17)21-18(22)13-23-11-15-5-3-2-4-6-15/h2-10,12H,11,13H2,1H3,(H,20,21,22). The number of nitrogens with zero attached hydrogens (tertiary/aromatic N) is 1. The van der Waals surface area contributed by atoms with Gasteiger partial charge in [-0.1, -0.05) is 60.2 Å². The van der Waals surface area contributed by atoms with E-state index in [1.807, 2.05) is 35.7 Å². The molecule has 0 atom stereocenters. The van der Waals surface area contributed by atoms with E-state index < -0.39 is 0 Å². The lowest BCUT2D eigenvalue weighted by molar-refractivity contribution is -0.113. The number of carbonyl (C=O) groups is 1. The molecular formula is C19H18N2OS2. The summed E-state index contributed by atoms with van der Waals surface area (Å²) in [6, 6.07) is 18.4. The highest BCUT2D eigenvalue weighted by Gasteiger charge is 2.08. The molecule has 1 amide bonds. The molecule has 5 heteroatoms. The fraction of sp³-hybridized carbons (Fsp3) is 0.158. The summed E-state index contributed by atoms with van der Waals surface area (Å²) >= 11 is 3.06. The number of thiazole rings is 1. The van der Waals surface area contributed by atoms with E-state index in [0.29, 0.717) is 10.9 Å². The van der Waals surface area contributed by atoms with Crippen molar-refractivity contribution in [3.05, 3.63) is 71.1 Å². The molecule has 1 N–H and O–H groups in total. The molecule has 0 saturated carbocycles. The van der Waals surface area contributed by atoms with Crippen molar-refractivity contribution >= 4 is 34.1 Å². The van der Waals surface area contributed by atoms with Gasteiger partial charge in [0.2, 0.25) is 5.91 Å². The summed E-state index contributed by atoms with van der Waals surface area (Å²) in [6.45, 7) is 2.06. The molecule has 0 aliphatic heterocycles. The Morgan fingerprint density at radius 2 is 1.88 bits per heavy atom. The van der Waals surface area contributed by atoms with Crippen LogP contribution in [0.1, 0.15) is 11.1 Å². The second-order valence-electron chi connectivity index (χ2n) is 5.43. The zero-order valence-corrected chi connectivity index (χ0v) is 15.0. The highest BCUT2D eigenvalue weighted by Crippen LogP contribution is 2.25. The van der Waals surface area contributed by atoms with Crippen molar-refractivity contribution in [1.82, 2.24) is 4.98 Å². The molecule has 0 fully saturated rings. The summed E-state index contributed by atoms with van der Waals surface area (Å²) in [5.41, 5.74) is 4.41. The van der Waals surface area contributed by atoms with Gasteiger partial charge >= 0.3 is 0 Å². The molecule has 0 bridgehead atoms. The molecule has 122 valence electrons. The SMILES string of the molecule is Cc1ccc(-c2csc(NC(=O)CSCc3ccccc3)n2)cc1. The Balaban J connectivity index is 1.51. The summed E-state index contributed by atoms with van der Waals surface area (Å²) in [4.78, 5) is 16.5. The first-order valence-electron chi connectivity index (χ1n) is 7.65. The second kappa shape index (κ2) is 8.13. The third-order valence-corrected chi connectivity index (χ3v) is 5.20. The van der Waals surface area contributed by atoms with Crippen LogP contribution in [-0.2, 0) is 10.5 Å². The van der Waals surface area contributed by atoms with Crippen LogP contribution in [0.25, 0.3) is 11.3 Å². The molecule has 0 saturated heterocycles. The van der Waals surface area contributed by atoms with Gasteiger partial charge in [0.25, 0.3) is 0 Å². The lowest BCUT2D eigenvalue weighted by Gasteiger charge is -2.02. The van der Waals surface area contributed by atoms with Gasteiger partial charge in [0, 0.05) is 16.7 Å². The maximum absolute atomic E-state index is 12.0. The fourth-order valence-electron chi connectivity index (χ4n) is 2.18. The average molecular weight is 354 g/mol. The Morgan fingerprint density at radius 3 is 2.62 bits per heavy atom. The number of thioether (sulfide) groups is 1. The van der Waals surface area contributed by atoms with Crippen LogP contribution in [0.3, 0.4) is 0 Å².